The Balaban J connectivity index is 1.53. The van der Waals surface area contributed by atoms with Gasteiger partial charge in [0.05, 0.1) is 9.79 Å². The van der Waals surface area contributed by atoms with Crippen LogP contribution < -0.4 is 10.1 Å². The first-order chi connectivity index (χ1) is 11.3. The van der Waals surface area contributed by atoms with Crippen LogP contribution in [0.25, 0.3) is 0 Å². The van der Waals surface area contributed by atoms with Gasteiger partial charge in [0.2, 0.25) is 0 Å². The third-order valence-corrected chi connectivity index (χ3v) is 5.56. The largest absolute Gasteiger partial charge is 0.455 e. The number of benzene rings is 3. The van der Waals surface area contributed by atoms with Gasteiger partial charge in [0.15, 0.2) is 0 Å². The van der Waals surface area contributed by atoms with E-state index in [1.165, 1.54) is 5.56 Å². The maximum absolute atomic E-state index is 6.02. The molecule has 1 heterocycles. The van der Waals surface area contributed by atoms with Crippen molar-refractivity contribution in [3.05, 3.63) is 76.8 Å². The number of nitrogens with one attached hydrogen (secondary N) is 1. The molecule has 0 aliphatic carbocycles. The molecule has 23 heavy (non-hydrogen) atoms. The highest BCUT2D eigenvalue weighted by Crippen LogP contribution is 2.47. The van der Waals surface area contributed by atoms with Crippen LogP contribution in [0.4, 0.5) is 5.69 Å². The number of anilines is 1. The van der Waals surface area contributed by atoms with Crippen molar-refractivity contribution in [2.24, 2.45) is 0 Å². The molecule has 4 rings (SSSR count). The van der Waals surface area contributed by atoms with E-state index in [2.05, 4.69) is 57.6 Å². The van der Waals surface area contributed by atoms with Crippen molar-refractivity contribution >= 4 is 33.4 Å². The molecular formula is C19H14BrNOS. The van der Waals surface area contributed by atoms with Crippen LogP contribution >= 0.6 is 27.7 Å². The van der Waals surface area contributed by atoms with Crippen LogP contribution in [0.3, 0.4) is 0 Å². The molecule has 0 saturated carbocycles. The van der Waals surface area contributed by atoms with Crippen molar-refractivity contribution in [2.75, 3.05) is 5.32 Å². The fourth-order valence-corrected chi connectivity index (χ4v) is 3.83. The summed E-state index contributed by atoms with van der Waals surface area (Å²) in [6.45, 7) is 0.768. The van der Waals surface area contributed by atoms with Crippen LogP contribution in [-0.2, 0) is 6.54 Å². The Morgan fingerprint density at radius 3 is 2.57 bits per heavy atom. The van der Waals surface area contributed by atoms with E-state index in [0.29, 0.717) is 0 Å². The van der Waals surface area contributed by atoms with Crippen molar-refractivity contribution in [3.63, 3.8) is 0 Å². The predicted octanol–water partition coefficient (Wildman–Crippen LogP) is 6.32. The predicted molar refractivity (Wildman–Crippen MR) is 98.5 cm³/mol. The van der Waals surface area contributed by atoms with Crippen LogP contribution in [0.5, 0.6) is 11.5 Å². The highest BCUT2D eigenvalue weighted by molar-refractivity contribution is 9.10. The minimum atomic E-state index is 0.768. The van der Waals surface area contributed by atoms with E-state index in [-0.39, 0.29) is 0 Å². The van der Waals surface area contributed by atoms with Gasteiger partial charge in [-0.15, -0.1) is 0 Å². The van der Waals surface area contributed by atoms with E-state index in [1.807, 2.05) is 30.3 Å². The Morgan fingerprint density at radius 1 is 0.870 bits per heavy atom. The van der Waals surface area contributed by atoms with E-state index < -0.39 is 0 Å². The lowest BCUT2D eigenvalue weighted by Crippen LogP contribution is -2.01. The van der Waals surface area contributed by atoms with Gasteiger partial charge >= 0.3 is 0 Å². The van der Waals surface area contributed by atoms with Crippen LogP contribution in [0.15, 0.2) is 81.0 Å². The molecule has 0 unspecified atom stereocenters. The van der Waals surface area contributed by atoms with E-state index >= 15 is 0 Å². The second kappa shape index (κ2) is 6.30. The van der Waals surface area contributed by atoms with Gasteiger partial charge in [0, 0.05) is 22.8 Å². The van der Waals surface area contributed by atoms with E-state index in [9.17, 15) is 0 Å². The monoisotopic (exact) mass is 383 g/mol. The van der Waals surface area contributed by atoms with Gasteiger partial charge < -0.3 is 10.1 Å². The molecule has 3 aromatic carbocycles. The Bertz CT molecular complexity index is 865. The summed E-state index contributed by atoms with van der Waals surface area (Å²) >= 11 is 5.33. The molecular weight excluding hydrogens is 370 g/mol. The summed E-state index contributed by atoms with van der Waals surface area (Å²) in [4.78, 5) is 2.31. The zero-order chi connectivity index (χ0) is 15.6. The molecule has 0 fully saturated rings. The number of hydrogen-bond acceptors (Lipinski definition) is 3. The molecule has 2 nitrogen and oxygen atoms in total. The topological polar surface area (TPSA) is 21.3 Å². The third-order valence-electron chi connectivity index (χ3n) is 3.67. The Hall–Kier alpha value is -1.91. The standard InChI is InChI=1S/C19H14BrNOS/c20-15-6-2-1-5-13(15)12-21-14-9-10-19-17(11-14)22-16-7-3-4-8-18(16)23-19/h1-11,21H,12H2. The molecule has 1 aliphatic heterocycles. The summed E-state index contributed by atoms with van der Waals surface area (Å²) in [6.07, 6.45) is 0. The molecule has 0 bridgehead atoms. The van der Waals surface area contributed by atoms with Gasteiger partial charge in [-0.2, -0.15) is 0 Å². The fraction of sp³-hybridized carbons (Fsp3) is 0.0526. The van der Waals surface area contributed by atoms with Crippen LogP contribution in [0.2, 0.25) is 0 Å². The molecule has 0 spiro atoms. The van der Waals surface area contributed by atoms with Gasteiger partial charge in [-0.1, -0.05) is 58.0 Å². The van der Waals surface area contributed by atoms with Crippen molar-refractivity contribution in [1.29, 1.82) is 0 Å². The molecule has 0 radical (unpaired) electrons. The van der Waals surface area contributed by atoms with E-state index in [4.69, 9.17) is 4.74 Å². The van der Waals surface area contributed by atoms with E-state index in [0.717, 1.165) is 38.0 Å². The second-order valence-corrected chi connectivity index (χ2v) is 7.20. The number of halogens is 1. The molecule has 0 saturated heterocycles. The van der Waals surface area contributed by atoms with Crippen molar-refractivity contribution in [1.82, 2.24) is 0 Å². The lowest BCUT2D eigenvalue weighted by atomic mass is 10.2. The molecule has 3 aromatic rings. The average Bonchev–Trinajstić information content (AvgIpc) is 2.59. The summed E-state index contributed by atoms with van der Waals surface area (Å²) in [7, 11) is 0. The Morgan fingerprint density at radius 2 is 1.65 bits per heavy atom. The molecule has 0 atom stereocenters. The number of fused-ring (bicyclic) bond motifs is 2. The van der Waals surface area contributed by atoms with Gasteiger partial charge in [0.1, 0.15) is 11.5 Å². The van der Waals surface area contributed by atoms with Gasteiger partial charge in [-0.3, -0.25) is 0 Å². The van der Waals surface area contributed by atoms with Gasteiger partial charge in [0.25, 0.3) is 0 Å². The number of para-hydroxylation sites is 1. The van der Waals surface area contributed by atoms with Crippen LogP contribution in [0.1, 0.15) is 5.56 Å². The zero-order valence-corrected chi connectivity index (χ0v) is 14.7. The fourth-order valence-electron chi connectivity index (χ4n) is 2.48. The normalized spacial score (nSPS) is 12.0. The zero-order valence-electron chi connectivity index (χ0n) is 12.3. The highest BCUT2D eigenvalue weighted by atomic mass is 79.9. The van der Waals surface area contributed by atoms with Gasteiger partial charge in [-0.25, -0.2) is 0 Å². The second-order valence-electron chi connectivity index (χ2n) is 5.26. The quantitative estimate of drug-likeness (QED) is 0.447. The van der Waals surface area contributed by atoms with Gasteiger partial charge in [-0.05, 0) is 35.9 Å². The molecule has 1 N–H and O–H groups in total. The number of hydrogen-bond donors (Lipinski definition) is 1. The number of rotatable bonds is 3. The summed E-state index contributed by atoms with van der Waals surface area (Å²) in [5.41, 5.74) is 2.28. The summed E-state index contributed by atoms with van der Waals surface area (Å²) in [5, 5.41) is 3.46. The first kappa shape index (κ1) is 14.7. The number of ether oxygens (including phenoxy) is 1. The lowest BCUT2D eigenvalue weighted by Gasteiger charge is -2.20. The SMILES string of the molecule is Brc1ccccc1CNc1ccc2c(c1)Oc1ccccc1S2. The first-order valence-corrected chi connectivity index (χ1v) is 8.96. The minimum absolute atomic E-state index is 0.768. The maximum atomic E-state index is 6.02. The molecule has 0 aromatic heterocycles. The molecule has 4 heteroatoms. The van der Waals surface area contributed by atoms with Crippen molar-refractivity contribution in [2.45, 2.75) is 16.3 Å². The molecule has 0 amide bonds. The van der Waals surface area contributed by atoms with Crippen LogP contribution in [0, 0.1) is 0 Å². The summed E-state index contributed by atoms with van der Waals surface area (Å²) in [5.74, 6) is 1.83. The lowest BCUT2D eigenvalue weighted by molar-refractivity contribution is 0.455. The summed E-state index contributed by atoms with van der Waals surface area (Å²) < 4.78 is 7.14. The average molecular weight is 384 g/mol. The Labute approximate surface area is 148 Å². The first-order valence-electron chi connectivity index (χ1n) is 7.36. The smallest absolute Gasteiger partial charge is 0.143 e. The van der Waals surface area contributed by atoms with Crippen molar-refractivity contribution in [3.8, 4) is 11.5 Å². The third kappa shape index (κ3) is 3.09. The van der Waals surface area contributed by atoms with Crippen LogP contribution in [-0.4, -0.2) is 0 Å². The minimum Gasteiger partial charge on any atom is -0.455 e. The summed E-state index contributed by atoms with van der Waals surface area (Å²) in [6, 6.07) is 22.6. The highest BCUT2D eigenvalue weighted by Gasteiger charge is 2.17. The Kier molecular flexibility index (Phi) is 4.02. The van der Waals surface area contributed by atoms with Crippen molar-refractivity contribution < 1.29 is 4.74 Å². The molecule has 1 aliphatic rings. The molecule has 114 valence electrons. The maximum Gasteiger partial charge on any atom is 0.143 e. The van der Waals surface area contributed by atoms with E-state index in [1.54, 1.807) is 11.8 Å².